The summed E-state index contributed by atoms with van der Waals surface area (Å²) in [5.41, 5.74) is 4.67. The molecule has 36 heavy (non-hydrogen) atoms. The van der Waals surface area contributed by atoms with Crippen LogP contribution in [0.2, 0.25) is 0 Å². The Kier molecular flexibility index (Phi) is 7.65. The van der Waals surface area contributed by atoms with Crippen LogP contribution in [-0.2, 0) is 9.47 Å². The van der Waals surface area contributed by atoms with E-state index < -0.39 is 5.97 Å². The number of aromatic nitrogens is 1. The highest BCUT2D eigenvalue weighted by atomic mass is 16.5. The second-order valence-electron chi connectivity index (χ2n) is 11.8. The maximum absolute atomic E-state index is 13.1. The van der Waals surface area contributed by atoms with Gasteiger partial charge in [-0.1, -0.05) is 51.0 Å². The van der Waals surface area contributed by atoms with Crippen molar-refractivity contribution in [3.05, 3.63) is 63.1 Å². The van der Waals surface area contributed by atoms with Crippen molar-refractivity contribution < 1.29 is 14.3 Å². The van der Waals surface area contributed by atoms with Crippen LogP contribution in [0.15, 0.2) is 46.4 Å². The molecule has 0 N–H and O–H groups in total. The first-order valence-electron chi connectivity index (χ1n) is 13.3. The SMILES string of the molecule is CCOC(=O)c1cn2c(cc1=O)/C(=C1\C=CC=C(CCC3(COC)CCC3)C1)N(C)CC2C(C)(C)C. The van der Waals surface area contributed by atoms with Crippen molar-refractivity contribution in [3.8, 4) is 0 Å². The van der Waals surface area contributed by atoms with E-state index in [4.69, 9.17) is 9.47 Å². The lowest BCUT2D eigenvalue weighted by Crippen LogP contribution is -2.42. The topological polar surface area (TPSA) is 60.8 Å². The molecule has 0 saturated heterocycles. The molecule has 3 aliphatic rings. The van der Waals surface area contributed by atoms with Crippen molar-refractivity contribution in [2.24, 2.45) is 10.8 Å². The molecule has 2 aliphatic carbocycles. The van der Waals surface area contributed by atoms with Crippen LogP contribution >= 0.6 is 0 Å². The Bertz CT molecular complexity index is 1140. The zero-order valence-corrected chi connectivity index (χ0v) is 22.9. The van der Waals surface area contributed by atoms with Crippen LogP contribution < -0.4 is 5.43 Å². The Labute approximate surface area is 215 Å². The molecule has 0 aromatic carbocycles. The molecule has 2 heterocycles. The van der Waals surface area contributed by atoms with Gasteiger partial charge in [0.2, 0.25) is 0 Å². The Balaban J connectivity index is 1.70. The van der Waals surface area contributed by atoms with Crippen LogP contribution in [0.1, 0.15) is 88.3 Å². The molecule has 0 bridgehead atoms. The maximum atomic E-state index is 13.1. The lowest BCUT2D eigenvalue weighted by atomic mass is 9.66. The molecule has 1 fully saturated rings. The van der Waals surface area contributed by atoms with Crippen LogP contribution in [0, 0.1) is 10.8 Å². The van der Waals surface area contributed by atoms with Gasteiger partial charge in [-0.05, 0) is 55.4 Å². The summed E-state index contributed by atoms with van der Waals surface area (Å²) in [5, 5.41) is 0. The number of hydrogen-bond donors (Lipinski definition) is 0. The molecular formula is C30H42N2O4. The Morgan fingerprint density at radius 3 is 2.61 bits per heavy atom. The van der Waals surface area contributed by atoms with Gasteiger partial charge in [-0.2, -0.15) is 0 Å². The second-order valence-corrected chi connectivity index (χ2v) is 11.8. The van der Waals surface area contributed by atoms with Crippen molar-refractivity contribution in [2.75, 3.05) is 33.9 Å². The van der Waals surface area contributed by atoms with E-state index in [0.29, 0.717) is 5.41 Å². The standard InChI is InChI=1S/C30H42N2O4/c1-7-36-28(34)23-18-32-24(17-25(23)33)27(31(5)19-26(32)29(2,3)4)22-11-8-10-21(16-22)12-15-30(20-35-6)13-9-14-30/h8,10-11,17-18,26H,7,9,12-16,19-20H2,1-6H3/b27-22-. The molecule has 6 nitrogen and oxygen atoms in total. The fraction of sp³-hybridized carbons (Fsp3) is 0.600. The second kappa shape index (κ2) is 10.4. The number of allylic oxidation sites excluding steroid dienone is 5. The number of hydrogen-bond acceptors (Lipinski definition) is 5. The summed E-state index contributed by atoms with van der Waals surface area (Å²) in [5.74, 6) is -0.553. The summed E-state index contributed by atoms with van der Waals surface area (Å²) >= 11 is 0. The minimum Gasteiger partial charge on any atom is -0.462 e. The Morgan fingerprint density at radius 2 is 2.00 bits per heavy atom. The van der Waals surface area contributed by atoms with Gasteiger partial charge in [0.1, 0.15) is 5.56 Å². The predicted octanol–water partition coefficient (Wildman–Crippen LogP) is 5.75. The van der Waals surface area contributed by atoms with Gasteiger partial charge in [0.15, 0.2) is 5.43 Å². The van der Waals surface area contributed by atoms with E-state index >= 15 is 0 Å². The summed E-state index contributed by atoms with van der Waals surface area (Å²) in [6, 6.07) is 1.74. The first kappa shape index (κ1) is 26.5. The minimum absolute atomic E-state index is 0.0634. The fourth-order valence-corrected chi connectivity index (χ4v) is 5.97. The molecule has 1 saturated carbocycles. The van der Waals surface area contributed by atoms with Gasteiger partial charge in [-0.25, -0.2) is 4.79 Å². The zero-order chi connectivity index (χ0) is 26.1. The van der Waals surface area contributed by atoms with Crippen LogP contribution in [0.5, 0.6) is 0 Å². The smallest absolute Gasteiger partial charge is 0.343 e. The first-order valence-corrected chi connectivity index (χ1v) is 13.3. The number of likely N-dealkylation sites (N-methyl/N-ethyl adjacent to an activating group) is 1. The normalized spacial score (nSPS) is 23.1. The fourth-order valence-electron chi connectivity index (χ4n) is 5.97. The molecule has 0 amide bonds. The van der Waals surface area contributed by atoms with Crippen LogP contribution in [0.3, 0.4) is 0 Å². The molecule has 1 aliphatic heterocycles. The van der Waals surface area contributed by atoms with Crippen LogP contribution in [-0.4, -0.2) is 49.4 Å². The van der Waals surface area contributed by atoms with Gasteiger partial charge in [0.05, 0.1) is 30.6 Å². The van der Waals surface area contributed by atoms with Crippen LogP contribution in [0.4, 0.5) is 0 Å². The molecule has 1 unspecified atom stereocenters. The summed E-state index contributed by atoms with van der Waals surface area (Å²) in [6.07, 6.45) is 15.2. The van der Waals surface area contributed by atoms with Crippen LogP contribution in [0.25, 0.3) is 5.70 Å². The number of carbonyl (C=O) groups is 1. The van der Waals surface area contributed by atoms with Crippen molar-refractivity contribution in [2.45, 2.75) is 72.3 Å². The van der Waals surface area contributed by atoms with E-state index in [-0.39, 0.29) is 29.1 Å². The Morgan fingerprint density at radius 1 is 1.25 bits per heavy atom. The zero-order valence-electron chi connectivity index (χ0n) is 22.9. The highest BCUT2D eigenvalue weighted by Crippen LogP contribution is 2.46. The summed E-state index contributed by atoms with van der Waals surface area (Å²) in [6.45, 7) is 10.2. The number of ether oxygens (including phenoxy) is 2. The lowest BCUT2D eigenvalue weighted by molar-refractivity contribution is 0.0106. The van der Waals surface area contributed by atoms with E-state index in [1.807, 2.05) is 7.11 Å². The molecule has 4 rings (SSSR count). The lowest BCUT2D eigenvalue weighted by Gasteiger charge is -2.44. The molecule has 1 aromatic rings. The minimum atomic E-state index is -0.553. The molecular weight excluding hydrogens is 452 g/mol. The van der Waals surface area contributed by atoms with Gasteiger partial charge >= 0.3 is 5.97 Å². The van der Waals surface area contributed by atoms with E-state index in [9.17, 15) is 9.59 Å². The number of methoxy groups -OCH3 is 1. The van der Waals surface area contributed by atoms with Gasteiger partial charge in [0, 0.05) is 33.0 Å². The predicted molar refractivity (Wildman–Crippen MR) is 144 cm³/mol. The monoisotopic (exact) mass is 494 g/mol. The number of esters is 1. The number of pyridine rings is 1. The van der Waals surface area contributed by atoms with Gasteiger partial charge in [-0.15, -0.1) is 0 Å². The summed E-state index contributed by atoms with van der Waals surface area (Å²) < 4.78 is 12.9. The van der Waals surface area contributed by atoms with E-state index in [1.165, 1.54) is 30.4 Å². The van der Waals surface area contributed by atoms with Crippen molar-refractivity contribution >= 4 is 11.7 Å². The average Bonchev–Trinajstić information content (AvgIpc) is 2.79. The highest BCUT2D eigenvalue weighted by molar-refractivity contribution is 5.89. The molecule has 1 aromatic heterocycles. The Hall–Kier alpha value is -2.60. The van der Waals surface area contributed by atoms with Gasteiger partial charge < -0.3 is 18.9 Å². The summed E-state index contributed by atoms with van der Waals surface area (Å²) in [4.78, 5) is 27.9. The molecule has 0 spiro atoms. The van der Waals surface area contributed by atoms with Gasteiger partial charge in [-0.3, -0.25) is 4.79 Å². The highest BCUT2D eigenvalue weighted by Gasteiger charge is 2.38. The number of carbonyl (C=O) groups excluding carboxylic acids is 1. The third-order valence-corrected chi connectivity index (χ3v) is 8.17. The third kappa shape index (κ3) is 5.24. The number of rotatable bonds is 7. The maximum Gasteiger partial charge on any atom is 0.343 e. The summed E-state index contributed by atoms with van der Waals surface area (Å²) in [7, 11) is 3.92. The molecule has 6 heteroatoms. The molecule has 1 atom stereocenters. The number of fused-ring (bicyclic) bond motifs is 1. The molecule has 196 valence electrons. The largest absolute Gasteiger partial charge is 0.462 e. The van der Waals surface area contributed by atoms with Crippen molar-refractivity contribution in [1.29, 1.82) is 0 Å². The van der Waals surface area contributed by atoms with E-state index in [1.54, 1.807) is 19.2 Å². The quantitative estimate of drug-likeness (QED) is 0.452. The first-order chi connectivity index (χ1) is 17.1. The number of nitrogens with zero attached hydrogens (tertiary/aromatic N) is 2. The third-order valence-electron chi connectivity index (χ3n) is 8.17. The van der Waals surface area contributed by atoms with Gasteiger partial charge in [0.25, 0.3) is 0 Å². The van der Waals surface area contributed by atoms with Crippen molar-refractivity contribution in [3.63, 3.8) is 0 Å². The van der Waals surface area contributed by atoms with Crippen molar-refractivity contribution in [1.82, 2.24) is 9.47 Å². The van der Waals surface area contributed by atoms with E-state index in [2.05, 4.69) is 55.5 Å². The molecule has 0 radical (unpaired) electrons. The van der Waals surface area contributed by atoms with E-state index in [0.717, 1.165) is 43.8 Å². The average molecular weight is 495 g/mol.